The van der Waals surface area contributed by atoms with E-state index in [9.17, 15) is 9.59 Å². The summed E-state index contributed by atoms with van der Waals surface area (Å²) in [6.07, 6.45) is 4.71. The number of allylic oxidation sites excluding steroid dienone is 1. The summed E-state index contributed by atoms with van der Waals surface area (Å²) in [5.41, 5.74) is 5.71. The third-order valence-corrected chi connectivity index (χ3v) is 6.77. The van der Waals surface area contributed by atoms with Crippen LogP contribution in [0.2, 0.25) is 0 Å². The van der Waals surface area contributed by atoms with E-state index in [0.29, 0.717) is 12.1 Å². The summed E-state index contributed by atoms with van der Waals surface area (Å²) in [5.74, 6) is 0.116. The molecule has 2 unspecified atom stereocenters. The minimum atomic E-state index is -0.507. The number of nitrogens with one attached hydrogen (secondary N) is 1. The average molecular weight is 518 g/mol. The van der Waals surface area contributed by atoms with Gasteiger partial charge in [0.25, 0.3) is 5.91 Å². The fraction of sp³-hybridized carbons (Fsp3) is 0.375. The average Bonchev–Trinajstić information content (AvgIpc) is 3.23. The molecule has 0 radical (unpaired) electrons. The van der Waals surface area contributed by atoms with Gasteiger partial charge in [-0.2, -0.15) is 0 Å². The number of methoxy groups -OCH3 is 1. The highest BCUT2D eigenvalue weighted by Gasteiger charge is 2.43. The van der Waals surface area contributed by atoms with Crippen molar-refractivity contribution in [3.63, 3.8) is 0 Å². The van der Waals surface area contributed by atoms with Crippen molar-refractivity contribution in [3.05, 3.63) is 101 Å². The van der Waals surface area contributed by atoms with Crippen molar-refractivity contribution in [2.24, 2.45) is 7.05 Å². The van der Waals surface area contributed by atoms with Gasteiger partial charge >= 0.3 is 0 Å². The van der Waals surface area contributed by atoms with Crippen molar-refractivity contribution in [2.75, 3.05) is 14.2 Å². The molecule has 6 heteroatoms. The summed E-state index contributed by atoms with van der Waals surface area (Å²) in [5, 5.41) is 3.11. The molecule has 1 aromatic heterocycles. The Bertz CT molecular complexity index is 1230. The van der Waals surface area contributed by atoms with Gasteiger partial charge in [0, 0.05) is 38.1 Å². The van der Waals surface area contributed by atoms with Gasteiger partial charge < -0.3 is 19.5 Å². The Morgan fingerprint density at radius 2 is 1.68 bits per heavy atom. The second kappa shape index (κ2) is 14.2. The topological polar surface area (TPSA) is 63.6 Å². The first-order valence-electron chi connectivity index (χ1n) is 13.3. The van der Waals surface area contributed by atoms with E-state index in [0.717, 1.165) is 34.4 Å². The van der Waals surface area contributed by atoms with Gasteiger partial charge in [0.1, 0.15) is 5.75 Å². The maximum atomic E-state index is 13.7. The molecular formula is C32H43N3O3. The summed E-state index contributed by atoms with van der Waals surface area (Å²) in [6, 6.07) is 14.7. The van der Waals surface area contributed by atoms with E-state index in [1.54, 1.807) is 25.1 Å². The highest BCUT2D eigenvalue weighted by Crippen LogP contribution is 2.43. The highest BCUT2D eigenvalue weighted by atomic mass is 16.5. The first-order chi connectivity index (χ1) is 18.3. The lowest BCUT2D eigenvalue weighted by Gasteiger charge is -2.39. The van der Waals surface area contributed by atoms with Crippen molar-refractivity contribution in [3.8, 4) is 5.75 Å². The fourth-order valence-electron chi connectivity index (χ4n) is 5.02. The number of carbonyl (C=O) groups is 2. The van der Waals surface area contributed by atoms with Gasteiger partial charge in [-0.25, -0.2) is 0 Å². The van der Waals surface area contributed by atoms with E-state index < -0.39 is 5.92 Å². The zero-order valence-electron chi connectivity index (χ0n) is 24.2. The predicted molar refractivity (Wildman–Crippen MR) is 156 cm³/mol. The smallest absolute Gasteiger partial charge is 0.254 e. The molecule has 4 rings (SSSR count). The lowest BCUT2D eigenvalue weighted by atomic mass is 9.79. The quantitative estimate of drug-likeness (QED) is 0.388. The molecule has 0 saturated heterocycles. The Labute approximate surface area is 228 Å². The minimum Gasteiger partial charge on any atom is -0.497 e. The number of nitrogens with zero attached hydrogens (tertiary/aromatic N) is 2. The standard InChI is InChI=1S/C27H31N3O3.C3H6.C2H6/c1-6-23-17(2)22(16-29(23)3)25-24(20-9-7-8-10-21(20)27(32)30(25)4)26(31)28-15-18-11-13-19(33-5)14-12-18;1-3-2;1-2/h7-14,16,24-25H,6,15H2,1-5H3,(H,28,31);3H,1H2,2H3;1-2H3. The van der Waals surface area contributed by atoms with Gasteiger partial charge in [-0.05, 0) is 60.7 Å². The molecule has 2 atom stereocenters. The largest absolute Gasteiger partial charge is 0.497 e. The number of hydrogen-bond acceptors (Lipinski definition) is 3. The zero-order chi connectivity index (χ0) is 28.4. The normalized spacial score (nSPS) is 15.8. The number of hydrogen-bond donors (Lipinski definition) is 1. The van der Waals surface area contributed by atoms with Gasteiger partial charge in [0.2, 0.25) is 5.91 Å². The second-order valence-corrected chi connectivity index (χ2v) is 9.02. The molecule has 0 aliphatic carbocycles. The Balaban J connectivity index is 0.000000947. The third-order valence-electron chi connectivity index (χ3n) is 6.77. The summed E-state index contributed by atoms with van der Waals surface area (Å²) in [6.45, 7) is 13.9. The van der Waals surface area contributed by atoms with Gasteiger partial charge in [0.05, 0.1) is 19.1 Å². The van der Waals surface area contributed by atoms with Crippen LogP contribution in [0.1, 0.15) is 78.0 Å². The summed E-state index contributed by atoms with van der Waals surface area (Å²) in [4.78, 5) is 28.7. The van der Waals surface area contributed by atoms with Gasteiger partial charge in [-0.15, -0.1) is 6.58 Å². The van der Waals surface area contributed by atoms with E-state index in [2.05, 4.69) is 36.5 Å². The van der Waals surface area contributed by atoms with Crippen LogP contribution in [0.15, 0.2) is 67.4 Å². The highest BCUT2D eigenvalue weighted by molar-refractivity contribution is 6.01. The van der Waals surface area contributed by atoms with Crippen LogP contribution >= 0.6 is 0 Å². The molecule has 0 bridgehead atoms. The Kier molecular flexibility index (Phi) is 11.4. The van der Waals surface area contributed by atoms with Crippen molar-refractivity contribution in [2.45, 2.75) is 59.5 Å². The molecular weight excluding hydrogens is 474 g/mol. The summed E-state index contributed by atoms with van der Waals surface area (Å²) < 4.78 is 7.33. The number of benzene rings is 2. The number of aryl methyl sites for hydroxylation is 1. The number of ether oxygens (including phenoxy) is 1. The number of aromatic nitrogens is 1. The zero-order valence-corrected chi connectivity index (χ0v) is 24.2. The maximum Gasteiger partial charge on any atom is 0.254 e. The molecule has 3 aromatic rings. The molecule has 0 fully saturated rings. The van der Waals surface area contributed by atoms with E-state index in [1.807, 2.05) is 76.3 Å². The molecule has 1 aliphatic rings. The monoisotopic (exact) mass is 517 g/mol. The van der Waals surface area contributed by atoms with Crippen LogP contribution in [-0.4, -0.2) is 35.4 Å². The summed E-state index contributed by atoms with van der Waals surface area (Å²) >= 11 is 0. The van der Waals surface area contributed by atoms with Crippen molar-refractivity contribution >= 4 is 11.8 Å². The fourth-order valence-corrected chi connectivity index (χ4v) is 5.02. The Hall–Kier alpha value is -3.80. The lowest BCUT2D eigenvalue weighted by Crippen LogP contribution is -2.45. The predicted octanol–water partition coefficient (Wildman–Crippen LogP) is 6.35. The Morgan fingerprint density at radius 1 is 1.08 bits per heavy atom. The van der Waals surface area contributed by atoms with E-state index in [-0.39, 0.29) is 17.9 Å². The van der Waals surface area contributed by atoms with Gasteiger partial charge in [-0.1, -0.05) is 57.2 Å². The number of carbonyl (C=O) groups excluding carboxylic acids is 2. The second-order valence-electron chi connectivity index (χ2n) is 9.02. The van der Waals surface area contributed by atoms with Crippen molar-refractivity contribution in [1.82, 2.24) is 14.8 Å². The number of amides is 2. The van der Waals surface area contributed by atoms with Crippen LogP contribution in [0.25, 0.3) is 0 Å². The van der Waals surface area contributed by atoms with Crippen molar-refractivity contribution < 1.29 is 14.3 Å². The molecule has 0 spiro atoms. The lowest BCUT2D eigenvalue weighted by molar-refractivity contribution is -0.124. The van der Waals surface area contributed by atoms with Crippen LogP contribution in [-0.2, 0) is 24.8 Å². The molecule has 204 valence electrons. The van der Waals surface area contributed by atoms with E-state index in [1.165, 1.54) is 5.69 Å². The molecule has 1 aliphatic heterocycles. The first-order valence-corrected chi connectivity index (χ1v) is 13.3. The third kappa shape index (κ3) is 6.36. The number of likely N-dealkylation sites (N-methyl/N-ethyl adjacent to an activating group) is 1. The van der Waals surface area contributed by atoms with Gasteiger partial charge in [0.15, 0.2) is 0 Å². The van der Waals surface area contributed by atoms with Crippen molar-refractivity contribution in [1.29, 1.82) is 0 Å². The van der Waals surface area contributed by atoms with Crippen LogP contribution < -0.4 is 10.1 Å². The molecule has 6 nitrogen and oxygen atoms in total. The van der Waals surface area contributed by atoms with Crippen LogP contribution in [0, 0.1) is 6.92 Å². The maximum absolute atomic E-state index is 13.7. The molecule has 2 amide bonds. The molecule has 0 saturated carbocycles. The SMILES string of the molecule is C=CC.CC.CCc1c(C)c(C2C(C(=O)NCc3ccc(OC)cc3)c3ccccc3C(=O)N2C)cn1C. The molecule has 1 N–H and O–H groups in total. The Morgan fingerprint density at radius 3 is 2.24 bits per heavy atom. The van der Waals surface area contributed by atoms with Crippen LogP contribution in [0.4, 0.5) is 0 Å². The van der Waals surface area contributed by atoms with E-state index >= 15 is 0 Å². The minimum absolute atomic E-state index is 0.0592. The number of fused-ring (bicyclic) bond motifs is 1. The van der Waals surface area contributed by atoms with Crippen LogP contribution in [0.3, 0.4) is 0 Å². The molecule has 2 aromatic carbocycles. The first kappa shape index (κ1) is 30.4. The summed E-state index contributed by atoms with van der Waals surface area (Å²) in [7, 11) is 5.45. The molecule has 2 heterocycles. The van der Waals surface area contributed by atoms with Gasteiger partial charge in [-0.3, -0.25) is 9.59 Å². The molecule has 38 heavy (non-hydrogen) atoms. The number of rotatable bonds is 6. The van der Waals surface area contributed by atoms with E-state index in [4.69, 9.17) is 4.74 Å². The van der Waals surface area contributed by atoms with Crippen LogP contribution in [0.5, 0.6) is 5.75 Å².